The van der Waals surface area contributed by atoms with Crippen molar-refractivity contribution >= 4 is 17.6 Å². The summed E-state index contributed by atoms with van der Waals surface area (Å²) in [6.45, 7) is 0. The van der Waals surface area contributed by atoms with Crippen LogP contribution >= 0.6 is 11.6 Å². The Kier molecular flexibility index (Phi) is 2.13. The minimum atomic E-state index is -1.16. The minimum absolute atomic E-state index is 0.0847. The molecule has 0 aromatic carbocycles. The van der Waals surface area contributed by atoms with Crippen LogP contribution in [0.1, 0.15) is 28.9 Å². The number of aromatic nitrogens is 1. The first-order chi connectivity index (χ1) is 7.09. The maximum absolute atomic E-state index is 10.7. The second-order valence-corrected chi connectivity index (χ2v) is 3.96. The third kappa shape index (κ3) is 1.55. The van der Waals surface area contributed by atoms with Crippen LogP contribution in [0.15, 0.2) is 12.3 Å². The van der Waals surface area contributed by atoms with E-state index in [0.29, 0.717) is 5.56 Å². The fourth-order valence-corrected chi connectivity index (χ4v) is 1.69. The van der Waals surface area contributed by atoms with Gasteiger partial charge in [-0.15, -0.1) is 0 Å². The zero-order valence-electron chi connectivity index (χ0n) is 7.70. The Hall–Kier alpha value is -1.60. The predicted molar refractivity (Wildman–Crippen MR) is 52.7 cm³/mol. The summed E-state index contributed by atoms with van der Waals surface area (Å²) in [6.07, 6.45) is 2.99. The normalized spacial score (nSPS) is 16.8. The van der Waals surface area contributed by atoms with Crippen molar-refractivity contribution in [1.29, 1.82) is 5.26 Å². The van der Waals surface area contributed by atoms with Gasteiger partial charge in [-0.25, -0.2) is 9.78 Å². The van der Waals surface area contributed by atoms with Gasteiger partial charge in [0.05, 0.1) is 16.5 Å². The van der Waals surface area contributed by atoms with Crippen LogP contribution in [0.2, 0.25) is 5.02 Å². The molecular formula is C10H7ClN2O2. The first-order valence-electron chi connectivity index (χ1n) is 4.40. The van der Waals surface area contributed by atoms with Gasteiger partial charge in [-0.3, -0.25) is 0 Å². The van der Waals surface area contributed by atoms with Crippen LogP contribution in [0.25, 0.3) is 0 Å². The molecule has 1 aliphatic carbocycles. The summed E-state index contributed by atoms with van der Waals surface area (Å²) < 4.78 is 0. The number of nitrogens with zero attached hydrogens (tertiary/aromatic N) is 2. The summed E-state index contributed by atoms with van der Waals surface area (Å²) in [5, 5.41) is 17.7. The molecule has 1 saturated carbocycles. The molecule has 0 saturated heterocycles. The molecule has 0 amide bonds. The van der Waals surface area contributed by atoms with Crippen LogP contribution in [-0.2, 0) is 5.41 Å². The molecule has 1 N–H and O–H groups in total. The first kappa shape index (κ1) is 9.94. The number of aromatic carboxylic acids is 1. The van der Waals surface area contributed by atoms with Crippen molar-refractivity contribution in [2.24, 2.45) is 0 Å². The number of carboxylic acids is 1. The Balaban J connectivity index is 2.43. The second-order valence-electron chi connectivity index (χ2n) is 3.55. The number of pyridine rings is 1. The Labute approximate surface area is 91.1 Å². The largest absolute Gasteiger partial charge is 0.476 e. The Morgan fingerprint density at radius 3 is 2.73 bits per heavy atom. The molecule has 76 valence electrons. The van der Waals surface area contributed by atoms with Gasteiger partial charge in [0.2, 0.25) is 0 Å². The topological polar surface area (TPSA) is 74.0 Å². The molecule has 0 atom stereocenters. The van der Waals surface area contributed by atoms with Gasteiger partial charge in [0.1, 0.15) is 0 Å². The fraction of sp³-hybridized carbons (Fsp3) is 0.300. The zero-order chi connectivity index (χ0) is 11.1. The highest BCUT2D eigenvalue weighted by atomic mass is 35.5. The van der Waals surface area contributed by atoms with E-state index >= 15 is 0 Å². The van der Waals surface area contributed by atoms with E-state index in [0.717, 1.165) is 12.8 Å². The summed E-state index contributed by atoms with van der Waals surface area (Å²) in [5.74, 6) is -1.16. The number of hydrogen-bond donors (Lipinski definition) is 1. The van der Waals surface area contributed by atoms with E-state index in [9.17, 15) is 4.79 Å². The maximum Gasteiger partial charge on any atom is 0.356 e. The van der Waals surface area contributed by atoms with Crippen molar-refractivity contribution in [1.82, 2.24) is 4.98 Å². The number of carbonyl (C=O) groups is 1. The average Bonchev–Trinajstić information content (AvgIpc) is 2.97. The van der Waals surface area contributed by atoms with Gasteiger partial charge >= 0.3 is 5.97 Å². The van der Waals surface area contributed by atoms with E-state index in [4.69, 9.17) is 22.0 Å². The Morgan fingerprint density at radius 2 is 2.33 bits per heavy atom. The zero-order valence-corrected chi connectivity index (χ0v) is 8.45. The van der Waals surface area contributed by atoms with E-state index < -0.39 is 11.4 Å². The van der Waals surface area contributed by atoms with E-state index in [1.54, 1.807) is 0 Å². The van der Waals surface area contributed by atoms with Gasteiger partial charge in [0.15, 0.2) is 5.69 Å². The van der Waals surface area contributed by atoms with Gasteiger partial charge < -0.3 is 5.11 Å². The van der Waals surface area contributed by atoms with Gasteiger partial charge in [-0.1, -0.05) is 11.6 Å². The lowest BCUT2D eigenvalue weighted by atomic mass is 10.00. The second kappa shape index (κ2) is 3.21. The van der Waals surface area contributed by atoms with Crippen molar-refractivity contribution < 1.29 is 9.90 Å². The molecule has 1 aliphatic rings. The Bertz CT molecular complexity index is 475. The summed E-state index contributed by atoms with van der Waals surface area (Å²) in [4.78, 5) is 14.4. The smallest absolute Gasteiger partial charge is 0.356 e. The van der Waals surface area contributed by atoms with Crippen molar-refractivity contribution in [3.63, 3.8) is 0 Å². The first-order valence-corrected chi connectivity index (χ1v) is 4.77. The van der Waals surface area contributed by atoms with Crippen molar-refractivity contribution in [3.8, 4) is 6.07 Å². The van der Waals surface area contributed by atoms with Crippen LogP contribution in [-0.4, -0.2) is 16.1 Å². The van der Waals surface area contributed by atoms with Crippen LogP contribution in [0, 0.1) is 11.3 Å². The Morgan fingerprint density at radius 1 is 1.67 bits per heavy atom. The van der Waals surface area contributed by atoms with Gasteiger partial charge in [-0.05, 0) is 24.5 Å². The highest BCUT2D eigenvalue weighted by Crippen LogP contribution is 2.47. The minimum Gasteiger partial charge on any atom is -0.476 e. The number of hydrogen-bond acceptors (Lipinski definition) is 3. The number of carboxylic acid groups (broad SMARTS) is 1. The molecule has 1 heterocycles. The molecule has 0 unspecified atom stereocenters. The third-order valence-corrected chi connectivity index (χ3v) is 2.85. The molecule has 2 rings (SSSR count). The molecule has 0 spiro atoms. The molecule has 0 aliphatic heterocycles. The number of halogens is 1. The maximum atomic E-state index is 10.7. The van der Waals surface area contributed by atoms with Crippen molar-refractivity contribution in [2.45, 2.75) is 18.3 Å². The van der Waals surface area contributed by atoms with Crippen LogP contribution in [0.4, 0.5) is 0 Å². The molecule has 1 aromatic heterocycles. The van der Waals surface area contributed by atoms with Crippen molar-refractivity contribution in [3.05, 3.63) is 28.5 Å². The quantitative estimate of drug-likeness (QED) is 0.831. The van der Waals surface area contributed by atoms with Crippen molar-refractivity contribution in [2.75, 3.05) is 0 Å². The molecule has 1 aromatic rings. The third-order valence-electron chi connectivity index (χ3n) is 2.56. The summed E-state index contributed by atoms with van der Waals surface area (Å²) >= 11 is 5.76. The summed E-state index contributed by atoms with van der Waals surface area (Å²) in [7, 11) is 0. The number of rotatable bonds is 2. The summed E-state index contributed by atoms with van der Waals surface area (Å²) in [6, 6.07) is 3.72. The van der Waals surface area contributed by atoms with Crippen LogP contribution in [0.5, 0.6) is 0 Å². The molecule has 0 radical (unpaired) electrons. The fourth-order valence-electron chi connectivity index (χ4n) is 1.45. The SMILES string of the molecule is N#CC1(c2cnc(C(=O)O)c(Cl)c2)CC1. The standard InChI is InChI=1S/C10H7ClN2O2/c11-7-3-6(10(5-12)1-2-10)4-13-8(7)9(14)15/h3-4H,1-2H2,(H,14,15). The van der Waals surface area contributed by atoms with Crippen LogP contribution < -0.4 is 0 Å². The average molecular weight is 223 g/mol. The highest BCUT2D eigenvalue weighted by Gasteiger charge is 2.45. The molecule has 0 bridgehead atoms. The highest BCUT2D eigenvalue weighted by molar-refractivity contribution is 6.33. The van der Waals surface area contributed by atoms with E-state index in [2.05, 4.69) is 11.1 Å². The van der Waals surface area contributed by atoms with E-state index in [1.807, 2.05) is 0 Å². The molecule has 15 heavy (non-hydrogen) atoms. The van der Waals surface area contributed by atoms with Gasteiger partial charge in [-0.2, -0.15) is 5.26 Å². The summed E-state index contributed by atoms with van der Waals surface area (Å²) in [5.41, 5.74) is 0.0578. The number of nitriles is 1. The molecule has 1 fully saturated rings. The lowest BCUT2D eigenvalue weighted by Crippen LogP contribution is -2.07. The molecule has 4 nitrogen and oxygen atoms in total. The molecular weight excluding hydrogens is 216 g/mol. The van der Waals surface area contributed by atoms with Gasteiger partial charge in [0.25, 0.3) is 0 Å². The van der Waals surface area contributed by atoms with Crippen LogP contribution in [0.3, 0.4) is 0 Å². The van der Waals surface area contributed by atoms with E-state index in [1.165, 1.54) is 12.3 Å². The predicted octanol–water partition coefficient (Wildman–Crippen LogP) is 1.99. The lowest BCUT2D eigenvalue weighted by molar-refractivity contribution is 0.0690. The van der Waals surface area contributed by atoms with E-state index in [-0.39, 0.29) is 10.7 Å². The van der Waals surface area contributed by atoms with Gasteiger partial charge in [0, 0.05) is 6.20 Å². The lowest BCUT2D eigenvalue weighted by Gasteiger charge is -2.06. The monoisotopic (exact) mass is 222 g/mol. The molecule has 5 heteroatoms.